The fourth-order valence-corrected chi connectivity index (χ4v) is 4.47. The van der Waals surface area contributed by atoms with E-state index >= 15 is 0 Å². The number of nitrogens with zero attached hydrogens (tertiary/aromatic N) is 2. The van der Waals surface area contributed by atoms with Gasteiger partial charge < -0.3 is 43.2 Å². The molecule has 4 amide bonds. The zero-order valence-electron chi connectivity index (χ0n) is 22.3. The molecule has 10 N–H and O–H groups in total. The molecule has 222 valence electrons. The quantitative estimate of drug-likeness (QED) is 0.0410. The van der Waals surface area contributed by atoms with Gasteiger partial charge in [-0.05, 0) is 38.0 Å². The molecule has 16 heteroatoms. The highest BCUT2D eigenvalue weighted by Crippen LogP contribution is 2.21. The van der Waals surface area contributed by atoms with E-state index in [-0.39, 0.29) is 36.3 Å². The van der Waals surface area contributed by atoms with Crippen molar-refractivity contribution in [1.82, 2.24) is 20.9 Å². The number of likely N-dealkylation sites (tertiary alicyclic amines) is 1. The van der Waals surface area contributed by atoms with Gasteiger partial charge in [-0.15, -0.1) is 0 Å². The smallest absolute Gasteiger partial charge is 0.327 e. The molecule has 0 unspecified atom stereocenters. The third-order valence-corrected chi connectivity index (χ3v) is 6.83. The lowest BCUT2D eigenvalue weighted by Crippen LogP contribution is -2.58. The van der Waals surface area contributed by atoms with Crippen LogP contribution in [0.1, 0.15) is 46.0 Å². The Bertz CT molecular complexity index is 902. The first-order valence-corrected chi connectivity index (χ1v) is 14.1. The maximum Gasteiger partial charge on any atom is 0.327 e. The van der Waals surface area contributed by atoms with Crippen molar-refractivity contribution in [3.63, 3.8) is 0 Å². The van der Waals surface area contributed by atoms with Gasteiger partial charge in [-0.2, -0.15) is 25.3 Å². The van der Waals surface area contributed by atoms with Gasteiger partial charge in [-0.1, -0.05) is 13.8 Å². The fraction of sp³-hybridized carbons (Fsp3) is 0.739. The average Bonchev–Trinajstić information content (AvgIpc) is 3.36. The van der Waals surface area contributed by atoms with Crippen molar-refractivity contribution in [1.29, 1.82) is 0 Å². The van der Waals surface area contributed by atoms with Gasteiger partial charge in [0, 0.05) is 24.6 Å². The number of hydrogen-bond donors (Lipinski definition) is 9. The van der Waals surface area contributed by atoms with Crippen LogP contribution in [0.15, 0.2) is 4.99 Å². The Morgan fingerprint density at radius 3 is 2.18 bits per heavy atom. The predicted molar refractivity (Wildman–Crippen MR) is 153 cm³/mol. The Morgan fingerprint density at radius 2 is 1.64 bits per heavy atom. The first-order valence-electron chi connectivity index (χ1n) is 12.8. The number of carbonyl (C=O) groups is 5. The van der Waals surface area contributed by atoms with Crippen LogP contribution in [0.4, 0.5) is 0 Å². The molecule has 1 saturated heterocycles. The number of amides is 4. The molecule has 1 aliphatic rings. The summed E-state index contributed by atoms with van der Waals surface area (Å²) >= 11 is 7.98. The Balaban J connectivity index is 3.07. The number of aliphatic carboxylic acids is 1. The molecule has 0 aromatic heterocycles. The predicted octanol–water partition coefficient (Wildman–Crippen LogP) is -2.20. The summed E-state index contributed by atoms with van der Waals surface area (Å²) in [5.74, 6) is -3.60. The van der Waals surface area contributed by atoms with Crippen LogP contribution in [0.3, 0.4) is 0 Å². The van der Waals surface area contributed by atoms with Crippen molar-refractivity contribution in [2.75, 3.05) is 24.6 Å². The molecule has 39 heavy (non-hydrogen) atoms. The molecule has 14 nitrogen and oxygen atoms in total. The first-order chi connectivity index (χ1) is 18.3. The number of guanidine groups is 1. The molecule has 1 aliphatic heterocycles. The highest BCUT2D eigenvalue weighted by molar-refractivity contribution is 7.80. The van der Waals surface area contributed by atoms with Gasteiger partial charge in [0.05, 0.1) is 6.04 Å². The minimum Gasteiger partial charge on any atom is -0.480 e. The lowest BCUT2D eigenvalue weighted by molar-refractivity contribution is -0.143. The van der Waals surface area contributed by atoms with E-state index in [1.165, 1.54) is 4.90 Å². The van der Waals surface area contributed by atoms with Crippen molar-refractivity contribution in [3.05, 3.63) is 0 Å². The van der Waals surface area contributed by atoms with Gasteiger partial charge in [0.15, 0.2) is 5.96 Å². The van der Waals surface area contributed by atoms with Crippen LogP contribution in [0, 0.1) is 5.92 Å². The van der Waals surface area contributed by atoms with E-state index in [0.717, 1.165) is 0 Å². The highest BCUT2D eigenvalue weighted by atomic mass is 32.1. The molecule has 1 heterocycles. The third-order valence-electron chi connectivity index (χ3n) is 6.07. The van der Waals surface area contributed by atoms with Gasteiger partial charge in [-0.25, -0.2) is 4.79 Å². The third kappa shape index (κ3) is 11.5. The molecule has 5 atom stereocenters. The number of carbonyl (C=O) groups excluding carboxylic acids is 4. The normalized spacial score (nSPS) is 18.0. The van der Waals surface area contributed by atoms with Crippen molar-refractivity contribution < 1.29 is 29.1 Å². The lowest BCUT2D eigenvalue weighted by Gasteiger charge is -2.31. The molecular formula is C23H42N8O6S2. The van der Waals surface area contributed by atoms with E-state index in [1.807, 2.05) is 13.8 Å². The number of rotatable bonds is 16. The number of carboxylic acids is 1. The first kappa shape index (κ1) is 34.3. The molecule has 0 spiro atoms. The minimum atomic E-state index is -1.27. The van der Waals surface area contributed by atoms with Crippen LogP contribution in [0.2, 0.25) is 0 Å². The van der Waals surface area contributed by atoms with Crippen LogP contribution in [-0.2, 0) is 24.0 Å². The summed E-state index contributed by atoms with van der Waals surface area (Å²) in [6.45, 7) is 4.29. The van der Waals surface area contributed by atoms with Gasteiger partial charge in [0.1, 0.15) is 24.2 Å². The molecule has 0 radical (unpaired) electrons. The van der Waals surface area contributed by atoms with Crippen molar-refractivity contribution in [2.45, 2.75) is 76.2 Å². The monoisotopic (exact) mass is 590 g/mol. The zero-order valence-corrected chi connectivity index (χ0v) is 24.1. The second kappa shape index (κ2) is 17.1. The summed E-state index contributed by atoms with van der Waals surface area (Å²) in [4.78, 5) is 68.7. The van der Waals surface area contributed by atoms with E-state index in [4.69, 9.17) is 17.2 Å². The molecule has 0 bridgehead atoms. The second-order valence-corrected chi connectivity index (χ2v) is 10.5. The number of nitrogens with two attached hydrogens (primary N) is 3. The Kier molecular flexibility index (Phi) is 15.0. The molecule has 0 aromatic rings. The molecular weight excluding hydrogens is 548 g/mol. The number of nitrogens with one attached hydrogen (secondary N) is 3. The zero-order chi connectivity index (χ0) is 29.7. The lowest BCUT2D eigenvalue weighted by atomic mass is 10.0. The van der Waals surface area contributed by atoms with E-state index < -0.39 is 59.8 Å². The van der Waals surface area contributed by atoms with Crippen LogP contribution < -0.4 is 33.2 Å². The van der Waals surface area contributed by atoms with Gasteiger partial charge in [0.25, 0.3) is 0 Å². The molecule has 0 aromatic carbocycles. The van der Waals surface area contributed by atoms with E-state index in [2.05, 4.69) is 46.2 Å². The van der Waals surface area contributed by atoms with Crippen LogP contribution in [-0.4, -0.2) is 100 Å². The Hall–Kier alpha value is -2.72. The van der Waals surface area contributed by atoms with E-state index in [1.54, 1.807) is 0 Å². The Labute approximate surface area is 239 Å². The topological polar surface area (TPSA) is 235 Å². The average molecular weight is 591 g/mol. The Morgan fingerprint density at radius 1 is 1.00 bits per heavy atom. The van der Waals surface area contributed by atoms with E-state index in [9.17, 15) is 29.1 Å². The number of thiol groups is 2. The molecule has 0 saturated carbocycles. The molecule has 1 rings (SSSR count). The van der Waals surface area contributed by atoms with E-state index in [0.29, 0.717) is 32.2 Å². The van der Waals surface area contributed by atoms with Crippen LogP contribution in [0.25, 0.3) is 0 Å². The highest BCUT2D eigenvalue weighted by Gasteiger charge is 2.39. The molecule has 0 aliphatic carbocycles. The SMILES string of the molecule is CC(C)C[C@H](NC(=O)[C@@H](N)CS)C(=O)N1CCC[C@H]1C(=O)N[C@@H](CCCN=C(N)N)C(=O)N[C@@H](CS)C(=O)O. The summed E-state index contributed by atoms with van der Waals surface area (Å²) < 4.78 is 0. The van der Waals surface area contributed by atoms with Crippen LogP contribution >= 0.6 is 25.3 Å². The number of aliphatic imine (C=N–C) groups is 1. The number of hydrogen-bond acceptors (Lipinski definition) is 9. The largest absolute Gasteiger partial charge is 0.480 e. The van der Waals surface area contributed by atoms with Gasteiger partial charge in [0.2, 0.25) is 23.6 Å². The maximum atomic E-state index is 13.5. The summed E-state index contributed by atoms with van der Waals surface area (Å²) in [6, 6.07) is -5.02. The summed E-state index contributed by atoms with van der Waals surface area (Å²) in [5, 5.41) is 17.0. The van der Waals surface area contributed by atoms with Crippen molar-refractivity contribution in [2.24, 2.45) is 28.1 Å². The fourth-order valence-electron chi connectivity index (χ4n) is 4.06. The summed E-state index contributed by atoms with van der Waals surface area (Å²) in [7, 11) is 0. The van der Waals surface area contributed by atoms with Crippen molar-refractivity contribution >= 4 is 60.8 Å². The van der Waals surface area contributed by atoms with Crippen molar-refractivity contribution in [3.8, 4) is 0 Å². The summed E-state index contributed by atoms with van der Waals surface area (Å²) in [6.07, 6.45) is 1.67. The second-order valence-electron chi connectivity index (χ2n) is 9.76. The van der Waals surface area contributed by atoms with Gasteiger partial charge in [-0.3, -0.25) is 24.2 Å². The number of carboxylic acid groups (broad SMARTS) is 1. The standard InChI is InChI=1S/C23H42N8O6S2/c1-12(2)9-15(29-18(32)13(24)10-38)21(35)31-8-4-6-17(31)20(34)28-14(5-3-7-27-23(25)26)19(33)30-16(11-39)22(36)37/h12-17,38-39H,3-11,24H2,1-2H3,(H,28,34)(H,29,32)(H,30,33)(H,36,37)(H4,25,26,27)/t13-,14-,15-,16-,17-/m0/s1. The summed E-state index contributed by atoms with van der Waals surface area (Å²) in [5.41, 5.74) is 16.4. The minimum absolute atomic E-state index is 0.0636. The van der Waals surface area contributed by atoms with Crippen LogP contribution in [0.5, 0.6) is 0 Å². The van der Waals surface area contributed by atoms with Gasteiger partial charge >= 0.3 is 5.97 Å². The maximum absolute atomic E-state index is 13.5. The molecule has 1 fully saturated rings.